The minimum atomic E-state index is -3.85. The first-order valence-corrected chi connectivity index (χ1v) is 22.8. The standard InChI is InChI=1S/C44H57N3O9S/c1-4-15-54-39-24-45-41(35-12-8-7-11-34(35)39)56-32-20-37-38(48)23-44(43(51)46-57(52,53)33-13-14-33)22-30(44)10-6-5-9-26(2)16-27(3)36(42(50)47(37)25-32)21-40(49)55-31-18-28-17-29(28)19-31/h6-8,10-12,24,26-33,36-37H,4-5,9,13-23,25H2,1-3H3,(H,46,51)/b10-6-/t26-,27+,28-,29+,30+,31?,32+,36-,37-,44+/m0/s1. The van der Waals surface area contributed by atoms with Crippen molar-refractivity contribution in [3.05, 3.63) is 42.6 Å². The third-order valence-electron chi connectivity index (χ3n) is 13.5. The van der Waals surface area contributed by atoms with Crippen molar-refractivity contribution in [2.24, 2.45) is 40.9 Å². The highest BCUT2D eigenvalue weighted by Crippen LogP contribution is 2.57. The van der Waals surface area contributed by atoms with Gasteiger partial charge in [-0.2, -0.15) is 0 Å². The molecule has 0 bridgehead atoms. The van der Waals surface area contributed by atoms with Crippen molar-refractivity contribution < 1.29 is 41.8 Å². The van der Waals surface area contributed by atoms with E-state index in [2.05, 4.69) is 16.6 Å². The molecule has 12 nitrogen and oxygen atoms in total. The van der Waals surface area contributed by atoms with Gasteiger partial charge in [-0.1, -0.05) is 51.1 Å². The Hall–Kier alpha value is -4.00. The molecule has 8 rings (SSSR count). The summed E-state index contributed by atoms with van der Waals surface area (Å²) in [4.78, 5) is 63.4. The van der Waals surface area contributed by atoms with Gasteiger partial charge < -0.3 is 19.1 Å². The molecule has 0 spiro atoms. The predicted octanol–water partition coefficient (Wildman–Crippen LogP) is 6.31. The first-order valence-electron chi connectivity index (χ1n) is 21.3. The first-order chi connectivity index (χ1) is 27.3. The number of allylic oxidation sites excluding steroid dienone is 2. The Morgan fingerprint density at radius 2 is 1.74 bits per heavy atom. The molecular weight excluding hydrogens is 747 g/mol. The number of esters is 1. The van der Waals surface area contributed by atoms with Gasteiger partial charge in [-0.05, 0) is 99.9 Å². The van der Waals surface area contributed by atoms with Crippen molar-refractivity contribution in [2.75, 3.05) is 13.2 Å². The van der Waals surface area contributed by atoms with E-state index >= 15 is 0 Å². The number of Topliss-reactive ketones (excluding diaryl/α,β-unsaturated/α-hetero) is 1. The topological polar surface area (TPSA) is 158 Å². The van der Waals surface area contributed by atoms with Crippen LogP contribution < -0.4 is 14.2 Å². The number of rotatable bonds is 11. The summed E-state index contributed by atoms with van der Waals surface area (Å²) >= 11 is 0. The average molecular weight is 804 g/mol. The molecule has 10 atom stereocenters. The van der Waals surface area contributed by atoms with E-state index in [0.717, 1.165) is 42.9 Å². The largest absolute Gasteiger partial charge is 0.491 e. The minimum Gasteiger partial charge on any atom is -0.491 e. The molecule has 4 saturated carbocycles. The van der Waals surface area contributed by atoms with E-state index in [-0.39, 0.29) is 67.3 Å². The second-order valence-electron chi connectivity index (χ2n) is 18.1. The maximum Gasteiger partial charge on any atom is 0.306 e. The summed E-state index contributed by atoms with van der Waals surface area (Å²) in [5, 5.41) is 0.980. The Morgan fingerprint density at radius 3 is 2.47 bits per heavy atom. The van der Waals surface area contributed by atoms with Gasteiger partial charge in [0.2, 0.25) is 27.7 Å². The smallest absolute Gasteiger partial charge is 0.306 e. The van der Waals surface area contributed by atoms with Crippen molar-refractivity contribution in [1.82, 2.24) is 14.6 Å². The number of amides is 2. The molecule has 13 heteroatoms. The van der Waals surface area contributed by atoms with Crippen molar-refractivity contribution in [3.63, 3.8) is 0 Å². The molecule has 4 aliphatic carbocycles. The van der Waals surface area contributed by atoms with E-state index in [4.69, 9.17) is 14.2 Å². The molecule has 0 radical (unpaired) electrons. The number of fused-ring (bicyclic) bond motifs is 4. The SMILES string of the molecule is CCCOc1cnc(O[C@@H]2C[C@H]3C(=O)C[C@]4(C(=O)NS(=O)(=O)C5CC5)C[C@H]4/C=C\CC[C@H](C)C[C@@H](C)[C@H](CC(=O)OC4C[C@@H]5C[C@@H]5C4)C(=O)N3C2)c2ccccc12. The zero-order valence-corrected chi connectivity index (χ0v) is 34.2. The number of sulfonamides is 1. The zero-order valence-electron chi connectivity index (χ0n) is 33.4. The van der Waals surface area contributed by atoms with E-state index in [1.807, 2.05) is 50.3 Å². The number of ether oxygens (including phenoxy) is 3. The Labute approximate surface area is 335 Å². The third kappa shape index (κ3) is 8.59. The fraction of sp³-hybridized carbons (Fsp3) is 0.659. The van der Waals surface area contributed by atoms with Crippen LogP contribution in [0.3, 0.4) is 0 Å². The lowest BCUT2D eigenvalue weighted by Crippen LogP contribution is -2.47. The fourth-order valence-corrected chi connectivity index (χ4v) is 11.3. The number of hydrogen-bond acceptors (Lipinski definition) is 10. The highest BCUT2D eigenvalue weighted by atomic mass is 32.2. The quantitative estimate of drug-likeness (QED) is 0.202. The molecule has 2 amide bonds. The number of benzene rings is 1. The number of nitrogens with one attached hydrogen (secondary N) is 1. The number of hydrogen-bond donors (Lipinski definition) is 1. The Bertz CT molecular complexity index is 2020. The molecule has 1 unspecified atom stereocenters. The molecule has 3 heterocycles. The molecule has 1 saturated heterocycles. The monoisotopic (exact) mass is 803 g/mol. The molecule has 2 aliphatic heterocycles. The van der Waals surface area contributed by atoms with Crippen molar-refractivity contribution in [3.8, 4) is 11.6 Å². The van der Waals surface area contributed by atoms with Crippen LogP contribution in [0.1, 0.15) is 104 Å². The average Bonchev–Trinajstić information content (AvgIpc) is 4.14. The summed E-state index contributed by atoms with van der Waals surface area (Å²) < 4.78 is 46.8. The number of nitrogens with zero attached hydrogens (tertiary/aromatic N) is 2. The highest BCUT2D eigenvalue weighted by Gasteiger charge is 2.62. The van der Waals surface area contributed by atoms with Crippen LogP contribution in [0.25, 0.3) is 10.8 Å². The van der Waals surface area contributed by atoms with E-state index in [9.17, 15) is 27.6 Å². The third-order valence-corrected chi connectivity index (χ3v) is 15.3. The van der Waals surface area contributed by atoms with Gasteiger partial charge in [-0.15, -0.1) is 0 Å². The summed E-state index contributed by atoms with van der Waals surface area (Å²) in [7, 11) is -3.85. The van der Waals surface area contributed by atoms with Crippen molar-refractivity contribution >= 4 is 44.4 Å². The summed E-state index contributed by atoms with van der Waals surface area (Å²) in [5.74, 6) is -0.378. The maximum atomic E-state index is 15.0. The minimum absolute atomic E-state index is 0.0811. The van der Waals surface area contributed by atoms with Gasteiger partial charge in [0, 0.05) is 23.6 Å². The second-order valence-corrected chi connectivity index (χ2v) is 20.0. The molecule has 1 aromatic carbocycles. The Morgan fingerprint density at radius 1 is 0.982 bits per heavy atom. The van der Waals surface area contributed by atoms with Crippen LogP contribution in [0.15, 0.2) is 42.6 Å². The fourth-order valence-electron chi connectivity index (χ4n) is 9.87. The second kappa shape index (κ2) is 16.0. The van der Waals surface area contributed by atoms with E-state index in [1.54, 1.807) is 11.1 Å². The van der Waals surface area contributed by atoms with Gasteiger partial charge in [-0.25, -0.2) is 13.4 Å². The van der Waals surface area contributed by atoms with Crippen LogP contribution >= 0.6 is 0 Å². The number of ketones is 1. The van der Waals surface area contributed by atoms with Crippen LogP contribution in [0.5, 0.6) is 11.6 Å². The zero-order chi connectivity index (χ0) is 40.1. The lowest BCUT2D eigenvalue weighted by atomic mass is 9.82. The molecule has 2 aromatic rings. The molecule has 6 aliphatic rings. The van der Waals surface area contributed by atoms with Crippen molar-refractivity contribution in [1.29, 1.82) is 0 Å². The van der Waals surface area contributed by atoms with E-state index < -0.39 is 44.7 Å². The van der Waals surface area contributed by atoms with Crippen molar-refractivity contribution in [2.45, 2.75) is 128 Å². The number of carbonyl (C=O) groups excluding carboxylic acids is 4. The van der Waals surface area contributed by atoms with Crippen LogP contribution in [-0.4, -0.2) is 78.5 Å². The summed E-state index contributed by atoms with van der Waals surface area (Å²) in [6, 6.07) is 6.69. The number of pyridine rings is 1. The van der Waals surface area contributed by atoms with Crippen LogP contribution in [0, 0.1) is 40.9 Å². The Kier molecular flexibility index (Phi) is 11.2. The number of carbonyl (C=O) groups is 4. The lowest BCUT2D eigenvalue weighted by molar-refractivity contribution is -0.155. The molecule has 1 aromatic heterocycles. The van der Waals surface area contributed by atoms with E-state index in [0.29, 0.717) is 55.8 Å². The Balaban J connectivity index is 1.10. The predicted molar refractivity (Wildman–Crippen MR) is 212 cm³/mol. The van der Waals surface area contributed by atoms with Gasteiger partial charge >= 0.3 is 5.97 Å². The summed E-state index contributed by atoms with van der Waals surface area (Å²) in [5.41, 5.74) is -1.24. The molecular formula is C44H57N3O9S. The summed E-state index contributed by atoms with van der Waals surface area (Å²) in [6.07, 6.45) is 12.2. The maximum absolute atomic E-state index is 15.0. The molecule has 308 valence electrons. The van der Waals surface area contributed by atoms with Crippen LogP contribution in [0.4, 0.5) is 0 Å². The van der Waals surface area contributed by atoms with Gasteiger partial charge in [-0.3, -0.25) is 23.9 Å². The summed E-state index contributed by atoms with van der Waals surface area (Å²) in [6.45, 7) is 6.80. The van der Waals surface area contributed by atoms with Crippen LogP contribution in [-0.2, 0) is 33.9 Å². The van der Waals surface area contributed by atoms with Gasteiger partial charge in [0.25, 0.3) is 0 Å². The highest BCUT2D eigenvalue weighted by molar-refractivity contribution is 7.90. The molecule has 5 fully saturated rings. The molecule has 1 N–H and O–H groups in total. The number of aromatic nitrogens is 1. The lowest BCUT2D eigenvalue weighted by Gasteiger charge is -2.32. The van der Waals surface area contributed by atoms with Gasteiger partial charge in [0.1, 0.15) is 18.0 Å². The van der Waals surface area contributed by atoms with Gasteiger partial charge in [0.15, 0.2) is 5.78 Å². The van der Waals surface area contributed by atoms with E-state index in [1.165, 1.54) is 6.42 Å². The van der Waals surface area contributed by atoms with Gasteiger partial charge in [0.05, 0.1) is 48.4 Å². The van der Waals surface area contributed by atoms with Crippen LogP contribution in [0.2, 0.25) is 0 Å². The first kappa shape index (κ1) is 39.8. The molecule has 57 heavy (non-hydrogen) atoms. The normalized spacial score (nSPS) is 34.6.